The van der Waals surface area contributed by atoms with E-state index >= 15 is 0 Å². The second-order valence-electron chi connectivity index (χ2n) is 6.04. The number of imidazole rings is 1. The molecule has 0 amide bonds. The highest BCUT2D eigenvalue weighted by Crippen LogP contribution is 2.29. The first-order valence-corrected chi connectivity index (χ1v) is 9.03. The summed E-state index contributed by atoms with van der Waals surface area (Å²) in [5.74, 6) is 2.06. The van der Waals surface area contributed by atoms with Crippen molar-refractivity contribution in [1.29, 1.82) is 0 Å². The Kier molecular flexibility index (Phi) is 4.79. The molecule has 27 heavy (non-hydrogen) atoms. The Morgan fingerprint density at radius 2 is 1.70 bits per heavy atom. The summed E-state index contributed by atoms with van der Waals surface area (Å²) in [4.78, 5) is 7.70. The number of benzene rings is 3. The van der Waals surface area contributed by atoms with Gasteiger partial charge in [-0.15, -0.1) is 0 Å². The van der Waals surface area contributed by atoms with E-state index in [1.165, 1.54) is 0 Å². The van der Waals surface area contributed by atoms with Crippen molar-refractivity contribution in [2.45, 2.75) is 6.54 Å². The molecule has 4 aromatic rings. The Morgan fingerprint density at radius 3 is 2.48 bits per heavy atom. The number of nitrogens with zero attached hydrogens (tertiary/aromatic N) is 1. The molecule has 1 aromatic heterocycles. The molecule has 1 heterocycles. The molecule has 0 radical (unpaired) electrons. The summed E-state index contributed by atoms with van der Waals surface area (Å²) in [6.45, 7) is 0.627. The number of ether oxygens (including phenoxy) is 1. The second kappa shape index (κ2) is 7.39. The number of rotatable bonds is 5. The molecule has 0 unspecified atom stereocenters. The van der Waals surface area contributed by atoms with E-state index < -0.39 is 0 Å². The molecule has 0 fully saturated rings. The molecule has 0 bridgehead atoms. The van der Waals surface area contributed by atoms with Gasteiger partial charge in [0.05, 0.1) is 21.1 Å². The first-order chi connectivity index (χ1) is 13.1. The molecule has 136 valence electrons. The highest BCUT2D eigenvalue weighted by molar-refractivity contribution is 6.42. The van der Waals surface area contributed by atoms with E-state index in [2.05, 4.69) is 15.3 Å². The molecular formula is C20H16Cl2N4O. The quantitative estimate of drug-likeness (QED) is 0.368. The van der Waals surface area contributed by atoms with Crippen molar-refractivity contribution in [3.8, 4) is 11.5 Å². The van der Waals surface area contributed by atoms with Gasteiger partial charge in [0, 0.05) is 18.3 Å². The minimum atomic E-state index is 0.461. The maximum absolute atomic E-state index is 6.01. The van der Waals surface area contributed by atoms with Crippen LogP contribution in [0.3, 0.4) is 0 Å². The normalized spacial score (nSPS) is 10.9. The third-order valence-electron chi connectivity index (χ3n) is 4.02. The highest BCUT2D eigenvalue weighted by Gasteiger charge is 2.04. The lowest BCUT2D eigenvalue weighted by atomic mass is 10.2. The van der Waals surface area contributed by atoms with Crippen molar-refractivity contribution < 1.29 is 4.74 Å². The standard InChI is InChI=1S/C20H16Cl2N4O/c21-16-7-6-15(10-17(16)22)27-14-4-1-12(2-5-14)11-24-20-25-18-8-3-13(23)9-19(18)26-20/h1-10H,11,23H2,(H2,24,25,26). The third kappa shape index (κ3) is 4.10. The lowest BCUT2D eigenvalue weighted by molar-refractivity contribution is 0.482. The van der Waals surface area contributed by atoms with Crippen LogP contribution in [-0.2, 0) is 6.54 Å². The van der Waals surface area contributed by atoms with Gasteiger partial charge in [0.2, 0.25) is 5.95 Å². The van der Waals surface area contributed by atoms with Gasteiger partial charge in [0.15, 0.2) is 0 Å². The Morgan fingerprint density at radius 1 is 0.926 bits per heavy atom. The van der Waals surface area contributed by atoms with E-state index in [-0.39, 0.29) is 0 Å². The van der Waals surface area contributed by atoms with Crippen LogP contribution in [0.1, 0.15) is 5.56 Å². The first kappa shape index (κ1) is 17.5. The van der Waals surface area contributed by atoms with Gasteiger partial charge in [-0.25, -0.2) is 4.98 Å². The number of H-pyrrole nitrogens is 1. The molecular weight excluding hydrogens is 383 g/mol. The maximum atomic E-state index is 6.01. The number of nitrogens with one attached hydrogen (secondary N) is 2. The Hall–Kier alpha value is -2.89. The number of nitrogen functional groups attached to an aromatic ring is 1. The summed E-state index contributed by atoms with van der Waals surface area (Å²) < 4.78 is 5.79. The van der Waals surface area contributed by atoms with Crippen molar-refractivity contribution in [3.63, 3.8) is 0 Å². The number of hydrogen-bond donors (Lipinski definition) is 3. The topological polar surface area (TPSA) is 76.0 Å². The van der Waals surface area contributed by atoms with Crippen molar-refractivity contribution >= 4 is 45.9 Å². The van der Waals surface area contributed by atoms with Crippen LogP contribution >= 0.6 is 23.2 Å². The minimum Gasteiger partial charge on any atom is -0.457 e. The fourth-order valence-corrected chi connectivity index (χ4v) is 2.94. The van der Waals surface area contributed by atoms with Gasteiger partial charge >= 0.3 is 0 Å². The van der Waals surface area contributed by atoms with E-state index in [1.807, 2.05) is 42.5 Å². The number of anilines is 2. The van der Waals surface area contributed by atoms with Gasteiger partial charge in [0.25, 0.3) is 0 Å². The predicted molar refractivity (Wildman–Crippen MR) is 111 cm³/mol. The highest BCUT2D eigenvalue weighted by atomic mass is 35.5. The lowest BCUT2D eigenvalue weighted by Gasteiger charge is -2.08. The smallest absolute Gasteiger partial charge is 0.201 e. The summed E-state index contributed by atoms with van der Waals surface area (Å²) in [6.07, 6.45) is 0. The van der Waals surface area contributed by atoms with E-state index in [0.29, 0.717) is 34.0 Å². The molecule has 5 nitrogen and oxygen atoms in total. The Labute approximate surface area is 166 Å². The molecule has 0 aliphatic rings. The van der Waals surface area contributed by atoms with E-state index in [1.54, 1.807) is 18.2 Å². The van der Waals surface area contributed by atoms with Crippen LogP contribution in [-0.4, -0.2) is 9.97 Å². The molecule has 0 spiro atoms. The van der Waals surface area contributed by atoms with Crippen molar-refractivity contribution in [1.82, 2.24) is 9.97 Å². The molecule has 0 aliphatic heterocycles. The van der Waals surface area contributed by atoms with Crippen LogP contribution in [0.15, 0.2) is 60.7 Å². The Bertz CT molecular complexity index is 1090. The summed E-state index contributed by atoms with van der Waals surface area (Å²) in [7, 11) is 0. The molecule has 0 saturated heterocycles. The third-order valence-corrected chi connectivity index (χ3v) is 4.76. The van der Waals surface area contributed by atoms with Crippen molar-refractivity contribution in [2.24, 2.45) is 0 Å². The first-order valence-electron chi connectivity index (χ1n) is 8.28. The predicted octanol–water partition coefficient (Wildman–Crippen LogP) is 5.86. The summed E-state index contributed by atoms with van der Waals surface area (Å²) >= 11 is 11.9. The summed E-state index contributed by atoms with van der Waals surface area (Å²) in [5, 5.41) is 4.23. The molecule has 3 aromatic carbocycles. The molecule has 4 rings (SSSR count). The van der Waals surface area contributed by atoms with Crippen LogP contribution < -0.4 is 15.8 Å². The van der Waals surface area contributed by atoms with Crippen LogP contribution in [0.4, 0.5) is 11.6 Å². The van der Waals surface area contributed by atoms with Gasteiger partial charge in [-0.3, -0.25) is 0 Å². The number of hydrogen-bond acceptors (Lipinski definition) is 4. The number of halogens is 2. The second-order valence-corrected chi connectivity index (χ2v) is 6.85. The average Bonchev–Trinajstić information content (AvgIpc) is 3.06. The molecule has 0 atom stereocenters. The zero-order valence-corrected chi connectivity index (χ0v) is 15.7. The minimum absolute atomic E-state index is 0.461. The number of aromatic nitrogens is 2. The van der Waals surface area contributed by atoms with Crippen molar-refractivity contribution in [3.05, 3.63) is 76.3 Å². The Balaban J connectivity index is 1.40. The number of nitrogens with two attached hydrogens (primary N) is 1. The largest absolute Gasteiger partial charge is 0.457 e. The fourth-order valence-electron chi connectivity index (χ4n) is 2.65. The van der Waals surface area contributed by atoms with Gasteiger partial charge < -0.3 is 20.8 Å². The zero-order valence-electron chi connectivity index (χ0n) is 14.2. The monoisotopic (exact) mass is 398 g/mol. The maximum Gasteiger partial charge on any atom is 0.201 e. The molecule has 0 aliphatic carbocycles. The van der Waals surface area contributed by atoms with Crippen molar-refractivity contribution in [2.75, 3.05) is 11.1 Å². The van der Waals surface area contributed by atoms with E-state index in [4.69, 9.17) is 33.7 Å². The number of aromatic amines is 1. The van der Waals surface area contributed by atoms with Gasteiger partial charge in [-0.05, 0) is 48.0 Å². The van der Waals surface area contributed by atoms with Crippen LogP contribution in [0.2, 0.25) is 10.0 Å². The fraction of sp³-hybridized carbons (Fsp3) is 0.0500. The van der Waals surface area contributed by atoms with Gasteiger partial charge in [-0.1, -0.05) is 35.3 Å². The average molecular weight is 399 g/mol. The molecule has 4 N–H and O–H groups in total. The van der Waals surface area contributed by atoms with Gasteiger partial charge in [0.1, 0.15) is 11.5 Å². The van der Waals surface area contributed by atoms with Gasteiger partial charge in [-0.2, -0.15) is 0 Å². The summed E-state index contributed by atoms with van der Waals surface area (Å²) in [5.41, 5.74) is 9.36. The number of fused-ring (bicyclic) bond motifs is 1. The van der Waals surface area contributed by atoms with Crippen LogP contribution in [0.25, 0.3) is 11.0 Å². The summed E-state index contributed by atoms with van der Waals surface area (Å²) in [6, 6.07) is 18.5. The van der Waals surface area contributed by atoms with E-state index in [9.17, 15) is 0 Å². The van der Waals surface area contributed by atoms with Crippen LogP contribution in [0, 0.1) is 0 Å². The molecule has 0 saturated carbocycles. The lowest BCUT2D eigenvalue weighted by Crippen LogP contribution is -2.00. The zero-order chi connectivity index (χ0) is 18.8. The van der Waals surface area contributed by atoms with E-state index in [0.717, 1.165) is 22.3 Å². The van der Waals surface area contributed by atoms with Crippen LogP contribution in [0.5, 0.6) is 11.5 Å². The molecule has 7 heteroatoms. The SMILES string of the molecule is Nc1ccc2nc(NCc3ccc(Oc4ccc(Cl)c(Cl)c4)cc3)[nH]c2c1.